The maximum atomic E-state index is 3.20. The van der Waals surface area contributed by atoms with E-state index >= 15 is 0 Å². The first-order valence-corrected chi connectivity index (χ1v) is 5.48. The number of hydrogen-bond donors (Lipinski definition) is 1. The summed E-state index contributed by atoms with van der Waals surface area (Å²) in [5, 5.41) is 2.26. The molecule has 0 spiro atoms. The van der Waals surface area contributed by atoms with Crippen LogP contribution in [-0.2, 0) is 0 Å². The minimum absolute atomic E-state index is 0.499. The summed E-state index contributed by atoms with van der Waals surface area (Å²) in [6, 6.07) is 0. The molecule has 0 saturated heterocycles. The van der Waals surface area contributed by atoms with Gasteiger partial charge in [-0.25, -0.2) is 5.01 Å². The zero-order valence-electron chi connectivity index (χ0n) is 9.98. The highest BCUT2D eigenvalue weighted by Gasteiger charge is 2.16. The fourth-order valence-corrected chi connectivity index (χ4v) is 1.67. The van der Waals surface area contributed by atoms with Crippen molar-refractivity contribution >= 4 is 0 Å². The quantitative estimate of drug-likeness (QED) is 0.615. The Kier molecular flexibility index (Phi) is 6.35. The summed E-state index contributed by atoms with van der Waals surface area (Å²) >= 11 is 0. The van der Waals surface area contributed by atoms with E-state index in [1.54, 1.807) is 0 Å². The molecule has 1 N–H and O–H groups in total. The highest BCUT2D eigenvalue weighted by molar-refractivity contribution is 4.69. The molecule has 0 aliphatic carbocycles. The van der Waals surface area contributed by atoms with Crippen molar-refractivity contribution in [2.45, 2.75) is 47.0 Å². The van der Waals surface area contributed by atoms with Crippen molar-refractivity contribution in [3.05, 3.63) is 0 Å². The van der Waals surface area contributed by atoms with Gasteiger partial charge in [0.2, 0.25) is 0 Å². The van der Waals surface area contributed by atoms with E-state index in [0.29, 0.717) is 5.41 Å². The summed E-state index contributed by atoms with van der Waals surface area (Å²) in [5.41, 5.74) is 3.70. The third kappa shape index (κ3) is 6.05. The molecule has 0 saturated carbocycles. The molecule has 0 radical (unpaired) electrons. The summed E-state index contributed by atoms with van der Waals surface area (Å²) in [6.07, 6.45) is 3.89. The predicted molar refractivity (Wildman–Crippen MR) is 59.6 cm³/mol. The van der Waals surface area contributed by atoms with E-state index in [1.165, 1.54) is 19.3 Å². The second-order valence-electron chi connectivity index (χ2n) is 4.47. The van der Waals surface area contributed by atoms with Crippen LogP contribution in [0.5, 0.6) is 0 Å². The lowest BCUT2D eigenvalue weighted by molar-refractivity contribution is 0.173. The molecule has 80 valence electrons. The van der Waals surface area contributed by atoms with Gasteiger partial charge in [-0.1, -0.05) is 34.1 Å². The standard InChI is InChI=1S/C11H26N2/c1-6-8-11(3,4)9-10-13(7-2)12-5/h12H,6-10H2,1-5H3. The number of rotatable bonds is 7. The maximum absolute atomic E-state index is 3.20. The van der Waals surface area contributed by atoms with E-state index in [-0.39, 0.29) is 0 Å². The van der Waals surface area contributed by atoms with Crippen LogP contribution in [-0.4, -0.2) is 25.1 Å². The molecule has 0 aromatic heterocycles. The Morgan fingerprint density at radius 3 is 2.15 bits per heavy atom. The Morgan fingerprint density at radius 2 is 1.77 bits per heavy atom. The SMILES string of the molecule is CCCC(C)(C)CCN(CC)NC. The molecule has 0 atom stereocenters. The molecule has 0 heterocycles. The van der Waals surface area contributed by atoms with Gasteiger partial charge in [0.25, 0.3) is 0 Å². The molecule has 0 fully saturated rings. The van der Waals surface area contributed by atoms with Gasteiger partial charge in [-0.15, -0.1) is 0 Å². The van der Waals surface area contributed by atoms with E-state index in [2.05, 4.69) is 38.1 Å². The summed E-state index contributed by atoms with van der Waals surface area (Å²) < 4.78 is 0. The molecular formula is C11H26N2. The van der Waals surface area contributed by atoms with Crippen molar-refractivity contribution in [2.24, 2.45) is 5.41 Å². The van der Waals surface area contributed by atoms with Crippen LogP contribution in [0, 0.1) is 5.41 Å². The lowest BCUT2D eigenvalue weighted by Gasteiger charge is -2.28. The molecule has 0 aliphatic heterocycles. The average molecular weight is 186 g/mol. The molecule has 2 heteroatoms. The minimum Gasteiger partial charge on any atom is -0.258 e. The second-order valence-corrected chi connectivity index (χ2v) is 4.47. The van der Waals surface area contributed by atoms with E-state index in [9.17, 15) is 0 Å². The minimum atomic E-state index is 0.499. The van der Waals surface area contributed by atoms with Gasteiger partial charge in [0.1, 0.15) is 0 Å². The monoisotopic (exact) mass is 186 g/mol. The molecule has 0 unspecified atom stereocenters. The van der Waals surface area contributed by atoms with Crippen LogP contribution < -0.4 is 5.43 Å². The zero-order chi connectivity index (χ0) is 10.3. The topological polar surface area (TPSA) is 15.3 Å². The van der Waals surface area contributed by atoms with E-state index in [1.807, 2.05) is 7.05 Å². The van der Waals surface area contributed by atoms with Crippen LogP contribution in [0.2, 0.25) is 0 Å². The highest BCUT2D eigenvalue weighted by Crippen LogP contribution is 2.26. The molecular weight excluding hydrogens is 160 g/mol. The lowest BCUT2D eigenvalue weighted by Crippen LogP contribution is -2.37. The largest absolute Gasteiger partial charge is 0.258 e. The third-order valence-corrected chi connectivity index (χ3v) is 2.68. The molecule has 0 aliphatic rings. The van der Waals surface area contributed by atoms with E-state index < -0.39 is 0 Å². The van der Waals surface area contributed by atoms with Gasteiger partial charge in [-0.3, -0.25) is 5.43 Å². The molecule has 0 amide bonds. The van der Waals surface area contributed by atoms with Crippen molar-refractivity contribution < 1.29 is 0 Å². The first-order chi connectivity index (χ1) is 6.05. The fourth-order valence-electron chi connectivity index (χ4n) is 1.67. The average Bonchev–Trinajstić information content (AvgIpc) is 2.06. The smallest absolute Gasteiger partial charge is 0.0135 e. The van der Waals surface area contributed by atoms with E-state index in [4.69, 9.17) is 0 Å². The summed E-state index contributed by atoms with van der Waals surface area (Å²) in [4.78, 5) is 0. The van der Waals surface area contributed by atoms with Gasteiger partial charge >= 0.3 is 0 Å². The van der Waals surface area contributed by atoms with E-state index in [0.717, 1.165) is 13.1 Å². The zero-order valence-corrected chi connectivity index (χ0v) is 9.98. The van der Waals surface area contributed by atoms with Crippen LogP contribution >= 0.6 is 0 Å². The summed E-state index contributed by atoms with van der Waals surface area (Å²) in [5.74, 6) is 0. The van der Waals surface area contributed by atoms with Gasteiger partial charge in [-0.2, -0.15) is 0 Å². The molecule has 0 aromatic carbocycles. The van der Waals surface area contributed by atoms with Crippen molar-refractivity contribution in [3.8, 4) is 0 Å². The molecule has 13 heavy (non-hydrogen) atoms. The van der Waals surface area contributed by atoms with Crippen LogP contribution in [0.25, 0.3) is 0 Å². The van der Waals surface area contributed by atoms with Gasteiger partial charge < -0.3 is 0 Å². The first kappa shape index (κ1) is 12.9. The molecule has 2 nitrogen and oxygen atoms in total. The Balaban J connectivity index is 3.71. The van der Waals surface area contributed by atoms with Crippen molar-refractivity contribution in [1.29, 1.82) is 0 Å². The maximum Gasteiger partial charge on any atom is 0.0135 e. The summed E-state index contributed by atoms with van der Waals surface area (Å²) in [7, 11) is 2.00. The number of nitrogens with zero attached hydrogens (tertiary/aromatic N) is 1. The van der Waals surface area contributed by atoms with Crippen LogP contribution in [0.4, 0.5) is 0 Å². The molecule has 0 bridgehead atoms. The van der Waals surface area contributed by atoms with Crippen molar-refractivity contribution in [3.63, 3.8) is 0 Å². The predicted octanol–water partition coefficient (Wildman–Crippen LogP) is 2.66. The van der Waals surface area contributed by atoms with Crippen molar-refractivity contribution in [2.75, 3.05) is 20.1 Å². The Hall–Kier alpha value is -0.0800. The van der Waals surface area contributed by atoms with Crippen LogP contribution in [0.3, 0.4) is 0 Å². The normalized spacial score (nSPS) is 12.5. The fraction of sp³-hybridized carbons (Fsp3) is 1.00. The Morgan fingerprint density at radius 1 is 1.15 bits per heavy atom. The molecule has 0 aromatic rings. The van der Waals surface area contributed by atoms with Gasteiger partial charge in [-0.05, 0) is 25.3 Å². The van der Waals surface area contributed by atoms with Crippen LogP contribution in [0.15, 0.2) is 0 Å². The van der Waals surface area contributed by atoms with Gasteiger partial charge in [0.15, 0.2) is 0 Å². The second kappa shape index (κ2) is 6.39. The van der Waals surface area contributed by atoms with Gasteiger partial charge in [0.05, 0.1) is 0 Å². The third-order valence-electron chi connectivity index (χ3n) is 2.68. The Labute approximate surface area is 83.7 Å². The molecule has 0 rings (SSSR count). The number of nitrogens with one attached hydrogen (secondary N) is 1. The van der Waals surface area contributed by atoms with Crippen LogP contribution in [0.1, 0.15) is 47.0 Å². The van der Waals surface area contributed by atoms with Gasteiger partial charge in [0, 0.05) is 13.1 Å². The Bertz CT molecular complexity index is 117. The number of hydrazine groups is 1. The van der Waals surface area contributed by atoms with Crippen molar-refractivity contribution in [1.82, 2.24) is 10.4 Å². The lowest BCUT2D eigenvalue weighted by atomic mass is 9.84. The number of hydrogen-bond acceptors (Lipinski definition) is 2. The first-order valence-electron chi connectivity index (χ1n) is 5.48. The summed E-state index contributed by atoms with van der Waals surface area (Å²) in [6.45, 7) is 11.4. The highest BCUT2D eigenvalue weighted by atomic mass is 15.5.